The first-order valence-corrected chi connectivity index (χ1v) is 9.32. The van der Waals surface area contributed by atoms with Crippen molar-refractivity contribution in [2.24, 2.45) is 0 Å². The minimum absolute atomic E-state index is 0.00946. The summed E-state index contributed by atoms with van der Waals surface area (Å²) in [7, 11) is 0. The number of carbonyl (C=O) groups is 1. The van der Waals surface area contributed by atoms with Crippen LogP contribution in [0.3, 0.4) is 0 Å². The number of halogens is 1. The van der Waals surface area contributed by atoms with Crippen LogP contribution in [0.1, 0.15) is 49.3 Å². The molecule has 0 radical (unpaired) electrons. The van der Waals surface area contributed by atoms with Crippen molar-refractivity contribution in [3.05, 3.63) is 65.0 Å². The lowest BCUT2D eigenvalue weighted by atomic mass is 9.98. The Labute approximate surface area is 155 Å². The zero-order valence-corrected chi connectivity index (χ0v) is 15.8. The van der Waals surface area contributed by atoms with Gasteiger partial charge in [0.25, 0.3) is 0 Å². The zero-order valence-electron chi connectivity index (χ0n) is 15.8. The van der Waals surface area contributed by atoms with Crippen LogP contribution >= 0.6 is 0 Å². The van der Waals surface area contributed by atoms with Gasteiger partial charge >= 0.3 is 0 Å². The van der Waals surface area contributed by atoms with E-state index in [4.69, 9.17) is 0 Å². The maximum Gasteiger partial charge on any atom is 0.238 e. The number of nitrogens with one attached hydrogen (secondary N) is 1. The van der Waals surface area contributed by atoms with E-state index >= 15 is 0 Å². The van der Waals surface area contributed by atoms with E-state index in [-0.39, 0.29) is 11.7 Å². The number of anilines is 1. The molecular formula is C22H27FN2O. The molecule has 0 aromatic heterocycles. The van der Waals surface area contributed by atoms with Gasteiger partial charge in [-0.15, -0.1) is 0 Å². The Morgan fingerprint density at radius 3 is 2.50 bits per heavy atom. The van der Waals surface area contributed by atoms with Gasteiger partial charge in [0, 0.05) is 18.3 Å². The summed E-state index contributed by atoms with van der Waals surface area (Å²) in [5, 5.41) is 3.13. The van der Waals surface area contributed by atoms with Gasteiger partial charge in [-0.1, -0.05) is 44.2 Å². The molecule has 1 N–H and O–H groups in total. The maximum atomic E-state index is 13.1. The molecule has 3 nitrogen and oxygen atoms in total. The van der Waals surface area contributed by atoms with Crippen molar-refractivity contribution in [1.82, 2.24) is 4.90 Å². The molecule has 0 atom stereocenters. The van der Waals surface area contributed by atoms with Gasteiger partial charge in [0.05, 0.1) is 6.54 Å². The maximum absolute atomic E-state index is 13.1. The Balaban J connectivity index is 1.69. The number of aryl methyl sites for hydroxylation is 1. The minimum Gasteiger partial charge on any atom is -0.324 e. The summed E-state index contributed by atoms with van der Waals surface area (Å²) < 4.78 is 13.1. The molecule has 138 valence electrons. The van der Waals surface area contributed by atoms with E-state index in [2.05, 4.69) is 30.1 Å². The van der Waals surface area contributed by atoms with Crippen LogP contribution in [0.5, 0.6) is 0 Å². The molecule has 4 heteroatoms. The Morgan fingerprint density at radius 1 is 1.19 bits per heavy atom. The van der Waals surface area contributed by atoms with Crippen LogP contribution < -0.4 is 5.32 Å². The highest BCUT2D eigenvalue weighted by Gasteiger charge is 2.30. The van der Waals surface area contributed by atoms with Crippen molar-refractivity contribution in [3.63, 3.8) is 0 Å². The van der Waals surface area contributed by atoms with Gasteiger partial charge in [0.2, 0.25) is 5.91 Å². The van der Waals surface area contributed by atoms with Crippen LogP contribution in [0, 0.1) is 12.7 Å². The second kappa shape index (κ2) is 8.00. The van der Waals surface area contributed by atoms with E-state index in [1.165, 1.54) is 12.1 Å². The number of hydrogen-bond acceptors (Lipinski definition) is 2. The zero-order chi connectivity index (χ0) is 18.7. The van der Waals surface area contributed by atoms with Crippen molar-refractivity contribution in [3.8, 4) is 0 Å². The molecule has 1 fully saturated rings. The predicted octanol–water partition coefficient (Wildman–Crippen LogP) is 4.86. The van der Waals surface area contributed by atoms with Crippen LogP contribution in [-0.2, 0) is 11.3 Å². The van der Waals surface area contributed by atoms with Gasteiger partial charge in [0.1, 0.15) is 5.82 Å². The highest BCUT2D eigenvalue weighted by Crippen LogP contribution is 2.30. The first-order valence-electron chi connectivity index (χ1n) is 9.32. The topological polar surface area (TPSA) is 32.3 Å². The van der Waals surface area contributed by atoms with Crippen molar-refractivity contribution >= 4 is 11.6 Å². The summed E-state index contributed by atoms with van der Waals surface area (Å²) in [6.07, 6.45) is 2.24. The molecule has 0 saturated heterocycles. The van der Waals surface area contributed by atoms with Crippen molar-refractivity contribution in [1.29, 1.82) is 0 Å². The SMILES string of the molecule is Cc1cccc(C(C)C)c1NC(=O)CN(Cc1ccc(F)cc1)C1CC1. The lowest BCUT2D eigenvalue weighted by Crippen LogP contribution is -2.34. The molecule has 3 rings (SSSR count). The standard InChI is InChI=1S/C22H27FN2O/c1-15(2)20-6-4-5-16(3)22(20)24-21(26)14-25(19-11-12-19)13-17-7-9-18(23)10-8-17/h4-10,15,19H,11-14H2,1-3H3,(H,24,26). The molecule has 1 saturated carbocycles. The van der Waals surface area contributed by atoms with Gasteiger partial charge < -0.3 is 5.32 Å². The summed E-state index contributed by atoms with van der Waals surface area (Å²) >= 11 is 0. The fraction of sp³-hybridized carbons (Fsp3) is 0.409. The molecule has 0 unspecified atom stereocenters. The third-order valence-corrected chi connectivity index (χ3v) is 4.90. The molecule has 0 spiro atoms. The molecule has 1 amide bonds. The number of amides is 1. The van der Waals surface area contributed by atoms with Gasteiger partial charge in [-0.25, -0.2) is 4.39 Å². The van der Waals surface area contributed by atoms with Gasteiger partial charge in [0.15, 0.2) is 0 Å². The molecule has 26 heavy (non-hydrogen) atoms. The Kier molecular flexibility index (Phi) is 5.72. The minimum atomic E-state index is -0.231. The summed E-state index contributed by atoms with van der Waals surface area (Å²) in [6, 6.07) is 13.1. The first-order chi connectivity index (χ1) is 12.4. The second-order valence-corrected chi connectivity index (χ2v) is 7.50. The van der Waals surface area contributed by atoms with Crippen LogP contribution in [0.25, 0.3) is 0 Å². The van der Waals surface area contributed by atoms with Crippen molar-refractivity contribution < 1.29 is 9.18 Å². The molecule has 2 aromatic rings. The third-order valence-electron chi connectivity index (χ3n) is 4.90. The summed E-state index contributed by atoms with van der Waals surface area (Å²) in [4.78, 5) is 14.9. The number of carbonyl (C=O) groups excluding carboxylic acids is 1. The largest absolute Gasteiger partial charge is 0.324 e. The van der Waals surface area contributed by atoms with Gasteiger partial charge in [-0.2, -0.15) is 0 Å². The Bertz CT molecular complexity index is 766. The van der Waals surface area contributed by atoms with E-state index in [9.17, 15) is 9.18 Å². The average Bonchev–Trinajstić information content (AvgIpc) is 3.43. The number of para-hydroxylation sites is 1. The molecular weight excluding hydrogens is 327 g/mol. The van der Waals surface area contributed by atoms with Crippen LogP contribution in [0.15, 0.2) is 42.5 Å². The molecule has 2 aromatic carbocycles. The Hall–Kier alpha value is -2.20. The van der Waals surface area contributed by atoms with Crippen molar-refractivity contribution in [2.75, 3.05) is 11.9 Å². The normalized spacial score (nSPS) is 14.1. The summed E-state index contributed by atoms with van der Waals surface area (Å²) in [6.45, 7) is 7.32. The lowest BCUT2D eigenvalue weighted by Gasteiger charge is -2.23. The second-order valence-electron chi connectivity index (χ2n) is 7.50. The first kappa shape index (κ1) is 18.6. The lowest BCUT2D eigenvalue weighted by molar-refractivity contribution is -0.117. The van der Waals surface area contributed by atoms with E-state index in [0.29, 0.717) is 25.0 Å². The predicted molar refractivity (Wildman–Crippen MR) is 104 cm³/mol. The van der Waals surface area contributed by atoms with Crippen LogP contribution in [-0.4, -0.2) is 23.4 Å². The molecule has 0 heterocycles. The smallest absolute Gasteiger partial charge is 0.238 e. The van der Waals surface area contributed by atoms with Gasteiger partial charge in [-0.3, -0.25) is 9.69 Å². The highest BCUT2D eigenvalue weighted by molar-refractivity contribution is 5.94. The van der Waals surface area contributed by atoms with Crippen LogP contribution in [0.2, 0.25) is 0 Å². The monoisotopic (exact) mass is 354 g/mol. The summed E-state index contributed by atoms with van der Waals surface area (Å²) in [5.41, 5.74) is 4.21. The molecule has 1 aliphatic carbocycles. The van der Waals surface area contributed by atoms with Crippen LogP contribution in [0.4, 0.5) is 10.1 Å². The molecule has 0 bridgehead atoms. The number of benzene rings is 2. The summed E-state index contributed by atoms with van der Waals surface area (Å²) in [5.74, 6) is 0.129. The average molecular weight is 354 g/mol. The molecule has 0 aliphatic heterocycles. The van der Waals surface area contributed by atoms with E-state index in [1.807, 2.05) is 19.1 Å². The quantitative estimate of drug-likeness (QED) is 0.770. The number of rotatable bonds is 7. The molecule has 1 aliphatic rings. The fourth-order valence-corrected chi connectivity index (χ4v) is 3.28. The third kappa shape index (κ3) is 4.70. The van der Waals surface area contributed by atoms with E-state index in [0.717, 1.165) is 35.2 Å². The van der Waals surface area contributed by atoms with E-state index in [1.54, 1.807) is 12.1 Å². The number of hydrogen-bond donors (Lipinski definition) is 1. The fourth-order valence-electron chi connectivity index (χ4n) is 3.28. The van der Waals surface area contributed by atoms with E-state index < -0.39 is 0 Å². The van der Waals surface area contributed by atoms with Gasteiger partial charge in [-0.05, 0) is 54.5 Å². The number of nitrogens with zero attached hydrogens (tertiary/aromatic N) is 1. The highest BCUT2D eigenvalue weighted by atomic mass is 19.1. The van der Waals surface area contributed by atoms with Crippen molar-refractivity contribution in [2.45, 2.75) is 52.1 Å². The Morgan fingerprint density at radius 2 is 1.88 bits per heavy atom.